The summed E-state index contributed by atoms with van der Waals surface area (Å²) in [6, 6.07) is 5.08. The van der Waals surface area contributed by atoms with Gasteiger partial charge in [-0.2, -0.15) is 0 Å². The third-order valence-corrected chi connectivity index (χ3v) is 6.30. The first-order valence-electron chi connectivity index (χ1n) is 12.4. The van der Waals surface area contributed by atoms with Crippen molar-refractivity contribution in [1.82, 2.24) is 15.2 Å². The topological polar surface area (TPSA) is 176 Å². The third-order valence-electron chi connectivity index (χ3n) is 6.30. The first kappa shape index (κ1) is 26.9. The number of aliphatic hydroxyl groups is 1. The van der Waals surface area contributed by atoms with Gasteiger partial charge >= 0.3 is 12.1 Å². The molecule has 1 aromatic carbocycles. The Morgan fingerprint density at radius 1 is 1.18 bits per heavy atom. The number of rotatable bonds is 9. The van der Waals surface area contributed by atoms with Crippen LogP contribution in [-0.4, -0.2) is 69.7 Å². The second kappa shape index (κ2) is 11.1. The number of amides is 3. The lowest BCUT2D eigenvalue weighted by atomic mass is 10.1. The Balaban J connectivity index is 1.50. The molecule has 4 rings (SSSR count). The molecule has 2 fully saturated rings. The maximum atomic E-state index is 13.3. The van der Waals surface area contributed by atoms with E-state index in [0.29, 0.717) is 35.3 Å². The van der Waals surface area contributed by atoms with Crippen LogP contribution >= 0.6 is 0 Å². The van der Waals surface area contributed by atoms with Gasteiger partial charge in [-0.3, -0.25) is 9.59 Å². The molecule has 2 aliphatic carbocycles. The number of nitrogens with two attached hydrogens (primary N) is 1. The van der Waals surface area contributed by atoms with E-state index in [1.807, 2.05) is 6.92 Å². The molecule has 0 spiro atoms. The minimum atomic E-state index is -1.37. The molecule has 1 unspecified atom stereocenters. The SMILES string of the molecule is Cc1ccc(C(=O)NC2CC2)cc1N=C(N)c1[nH]cc(C(=O)N(C(=O)OCOC(=O)C(C)O)C2CC2)c1C. The maximum Gasteiger partial charge on any atom is 0.419 e. The van der Waals surface area contributed by atoms with Crippen molar-refractivity contribution in [2.45, 2.75) is 64.6 Å². The molecule has 1 atom stereocenters. The number of aliphatic hydroxyl groups excluding tert-OH is 1. The van der Waals surface area contributed by atoms with Crippen LogP contribution in [0, 0.1) is 13.8 Å². The van der Waals surface area contributed by atoms with Gasteiger partial charge in [0.25, 0.3) is 11.8 Å². The van der Waals surface area contributed by atoms with Gasteiger partial charge in [-0.05, 0) is 69.7 Å². The Morgan fingerprint density at radius 2 is 1.89 bits per heavy atom. The molecular weight excluding hydrogens is 494 g/mol. The number of esters is 1. The second-order valence-corrected chi connectivity index (χ2v) is 9.52. The third kappa shape index (κ3) is 6.20. The molecular formula is C26H31N5O7. The number of aryl methyl sites for hydroxylation is 1. The fraction of sp³-hybridized carbons (Fsp3) is 0.423. The Hall–Kier alpha value is -4.19. The van der Waals surface area contributed by atoms with Crippen LogP contribution in [0.1, 0.15) is 70.1 Å². The number of nitrogens with zero attached hydrogens (tertiary/aromatic N) is 2. The number of nitrogens with one attached hydrogen (secondary N) is 2. The van der Waals surface area contributed by atoms with Crippen LogP contribution in [0.3, 0.4) is 0 Å². The van der Waals surface area contributed by atoms with Crippen LogP contribution < -0.4 is 11.1 Å². The summed E-state index contributed by atoms with van der Waals surface area (Å²) in [5.74, 6) is -1.61. The molecule has 2 aliphatic rings. The van der Waals surface area contributed by atoms with E-state index >= 15 is 0 Å². The summed E-state index contributed by atoms with van der Waals surface area (Å²) in [5.41, 5.74) is 9.18. The van der Waals surface area contributed by atoms with Crippen LogP contribution in [0.4, 0.5) is 10.5 Å². The first-order valence-corrected chi connectivity index (χ1v) is 12.4. The Morgan fingerprint density at radius 3 is 2.53 bits per heavy atom. The van der Waals surface area contributed by atoms with Crippen molar-refractivity contribution in [2.24, 2.45) is 10.7 Å². The van der Waals surface area contributed by atoms with Crippen molar-refractivity contribution < 1.29 is 33.8 Å². The van der Waals surface area contributed by atoms with Gasteiger partial charge < -0.3 is 30.6 Å². The lowest BCUT2D eigenvalue weighted by Crippen LogP contribution is -2.40. The van der Waals surface area contributed by atoms with Crippen molar-refractivity contribution >= 4 is 35.4 Å². The fourth-order valence-corrected chi connectivity index (χ4v) is 3.73. The average molecular weight is 526 g/mol. The number of benzene rings is 1. The quantitative estimate of drug-likeness (QED) is 0.167. The van der Waals surface area contributed by atoms with E-state index in [4.69, 9.17) is 15.6 Å². The molecule has 12 heteroatoms. The average Bonchev–Trinajstić information content (AvgIpc) is 3.80. The largest absolute Gasteiger partial charge is 0.426 e. The highest BCUT2D eigenvalue weighted by atomic mass is 16.7. The molecule has 1 heterocycles. The smallest absolute Gasteiger partial charge is 0.419 e. The van der Waals surface area contributed by atoms with E-state index in [9.17, 15) is 19.2 Å². The van der Waals surface area contributed by atoms with Gasteiger partial charge in [0.15, 0.2) is 0 Å². The lowest BCUT2D eigenvalue weighted by Gasteiger charge is -2.20. The van der Waals surface area contributed by atoms with Gasteiger partial charge in [0.1, 0.15) is 11.9 Å². The van der Waals surface area contributed by atoms with E-state index < -0.39 is 30.9 Å². The van der Waals surface area contributed by atoms with Gasteiger partial charge in [0, 0.05) is 23.8 Å². The Kier molecular flexibility index (Phi) is 7.81. The number of hydrogen-bond donors (Lipinski definition) is 4. The highest BCUT2D eigenvalue weighted by Crippen LogP contribution is 2.30. The van der Waals surface area contributed by atoms with Gasteiger partial charge in [0.2, 0.25) is 6.79 Å². The van der Waals surface area contributed by atoms with E-state index in [1.165, 1.54) is 13.1 Å². The zero-order valence-electron chi connectivity index (χ0n) is 21.4. The summed E-state index contributed by atoms with van der Waals surface area (Å²) in [6.07, 6.45) is 2.32. The number of amidine groups is 1. The standard InChI is InChI=1S/C26H31N5O7/c1-13-4-5-16(23(33)29-17-6-7-17)10-20(13)30-22(27)21-14(2)19(11-28-21)24(34)31(18-8-9-18)26(36)38-12-37-25(35)15(3)32/h4-5,10-11,15,17-18,28,32H,6-9,12H2,1-3H3,(H2,27,30)(H,29,33). The summed E-state index contributed by atoms with van der Waals surface area (Å²) in [7, 11) is 0. The van der Waals surface area contributed by atoms with E-state index in [2.05, 4.69) is 20.0 Å². The van der Waals surface area contributed by atoms with Crippen LogP contribution in [0.5, 0.6) is 0 Å². The van der Waals surface area contributed by atoms with Crippen LogP contribution in [-0.2, 0) is 14.3 Å². The van der Waals surface area contributed by atoms with Crippen molar-refractivity contribution in [1.29, 1.82) is 0 Å². The van der Waals surface area contributed by atoms with E-state index in [-0.39, 0.29) is 29.4 Å². The van der Waals surface area contributed by atoms with Crippen molar-refractivity contribution in [2.75, 3.05) is 6.79 Å². The monoisotopic (exact) mass is 525 g/mol. The lowest BCUT2D eigenvalue weighted by molar-refractivity contribution is -0.161. The molecule has 12 nitrogen and oxygen atoms in total. The molecule has 2 saturated carbocycles. The normalized spacial score (nSPS) is 15.9. The summed E-state index contributed by atoms with van der Waals surface area (Å²) >= 11 is 0. The summed E-state index contributed by atoms with van der Waals surface area (Å²) in [4.78, 5) is 58.1. The van der Waals surface area contributed by atoms with Crippen molar-refractivity contribution in [3.63, 3.8) is 0 Å². The number of aliphatic imine (C=N–C) groups is 1. The highest BCUT2D eigenvalue weighted by molar-refractivity contribution is 6.08. The molecule has 202 valence electrons. The minimum Gasteiger partial charge on any atom is -0.426 e. The second-order valence-electron chi connectivity index (χ2n) is 9.52. The molecule has 0 radical (unpaired) electrons. The number of aromatic nitrogens is 1. The Labute approximate surface area is 219 Å². The summed E-state index contributed by atoms with van der Waals surface area (Å²) in [5, 5.41) is 12.1. The van der Waals surface area contributed by atoms with Crippen LogP contribution in [0.25, 0.3) is 0 Å². The Bertz CT molecular complexity index is 1290. The number of carbonyl (C=O) groups is 4. The number of imide groups is 1. The van der Waals surface area contributed by atoms with Crippen molar-refractivity contribution in [3.05, 3.63) is 52.3 Å². The molecule has 0 aliphatic heterocycles. The summed E-state index contributed by atoms with van der Waals surface area (Å²) < 4.78 is 9.58. The molecule has 0 saturated heterocycles. The zero-order valence-corrected chi connectivity index (χ0v) is 21.4. The number of aromatic amines is 1. The highest BCUT2D eigenvalue weighted by Gasteiger charge is 2.40. The zero-order chi connectivity index (χ0) is 27.6. The molecule has 0 bridgehead atoms. The number of ether oxygens (including phenoxy) is 2. The van der Waals surface area contributed by atoms with E-state index in [0.717, 1.165) is 23.3 Å². The van der Waals surface area contributed by atoms with Gasteiger partial charge in [0.05, 0.1) is 16.9 Å². The maximum absolute atomic E-state index is 13.3. The predicted octanol–water partition coefficient (Wildman–Crippen LogP) is 2.18. The molecule has 38 heavy (non-hydrogen) atoms. The number of H-pyrrole nitrogens is 1. The van der Waals surface area contributed by atoms with Crippen molar-refractivity contribution in [3.8, 4) is 0 Å². The van der Waals surface area contributed by atoms with Crippen LogP contribution in [0.15, 0.2) is 29.4 Å². The molecule has 2 aromatic rings. The predicted molar refractivity (Wildman–Crippen MR) is 136 cm³/mol. The van der Waals surface area contributed by atoms with E-state index in [1.54, 1.807) is 25.1 Å². The van der Waals surface area contributed by atoms with Gasteiger partial charge in [-0.25, -0.2) is 19.5 Å². The van der Waals surface area contributed by atoms with Crippen LogP contribution in [0.2, 0.25) is 0 Å². The number of hydrogen-bond acceptors (Lipinski definition) is 8. The molecule has 1 aromatic heterocycles. The molecule has 3 amide bonds. The number of carbonyl (C=O) groups excluding carboxylic acids is 4. The summed E-state index contributed by atoms with van der Waals surface area (Å²) in [6.45, 7) is 4.01. The van der Waals surface area contributed by atoms with Gasteiger partial charge in [-0.15, -0.1) is 0 Å². The van der Waals surface area contributed by atoms with Gasteiger partial charge in [-0.1, -0.05) is 6.07 Å². The minimum absolute atomic E-state index is 0.106. The fourth-order valence-electron chi connectivity index (χ4n) is 3.73. The molecule has 5 N–H and O–H groups in total. The first-order chi connectivity index (χ1) is 18.1.